The van der Waals surface area contributed by atoms with Gasteiger partial charge in [-0.1, -0.05) is 87.9 Å². The van der Waals surface area contributed by atoms with Crippen LogP contribution in [0.1, 0.15) is 93.0 Å². The molecule has 1 fully saturated rings. The zero-order valence-corrected chi connectivity index (χ0v) is 23.1. The van der Waals surface area contributed by atoms with Crippen molar-refractivity contribution in [3.63, 3.8) is 0 Å². The maximum Gasteiger partial charge on any atom is 0.0356 e. The first-order valence-electron chi connectivity index (χ1n) is 14.1. The summed E-state index contributed by atoms with van der Waals surface area (Å²) >= 11 is 0. The molecule has 0 amide bonds. The number of allylic oxidation sites excluding steroid dienone is 3. The van der Waals surface area contributed by atoms with Crippen molar-refractivity contribution >= 4 is 11.1 Å². The Labute approximate surface area is 226 Å². The van der Waals surface area contributed by atoms with E-state index in [4.69, 9.17) is 6.58 Å². The van der Waals surface area contributed by atoms with Gasteiger partial charge in [-0.25, -0.2) is 0 Å². The molecule has 0 nitrogen and oxygen atoms in total. The average molecular weight is 487 g/mol. The van der Waals surface area contributed by atoms with Gasteiger partial charge in [-0.2, -0.15) is 0 Å². The van der Waals surface area contributed by atoms with E-state index in [1.807, 2.05) is 0 Å². The van der Waals surface area contributed by atoms with Crippen LogP contribution >= 0.6 is 0 Å². The minimum atomic E-state index is 0.0545. The maximum absolute atomic E-state index is 6.28. The van der Waals surface area contributed by atoms with Gasteiger partial charge in [0.1, 0.15) is 0 Å². The van der Waals surface area contributed by atoms with E-state index in [1.54, 1.807) is 11.1 Å². The van der Waals surface area contributed by atoms with Gasteiger partial charge in [0.2, 0.25) is 0 Å². The first-order valence-corrected chi connectivity index (χ1v) is 14.1. The average Bonchev–Trinajstić information content (AvgIpc) is 3.64. The minimum Gasteiger partial charge on any atom is -0.106 e. The lowest BCUT2D eigenvalue weighted by atomic mass is 9.56. The number of rotatable bonds is 8. The summed E-state index contributed by atoms with van der Waals surface area (Å²) in [5, 5.41) is 0. The van der Waals surface area contributed by atoms with E-state index < -0.39 is 0 Å². The molecule has 0 heterocycles. The first-order chi connectivity index (χ1) is 17.6. The molecule has 190 valence electrons. The molecule has 0 aromatic heterocycles. The van der Waals surface area contributed by atoms with Crippen LogP contribution in [0.2, 0.25) is 0 Å². The Kier molecular flexibility index (Phi) is 6.79. The van der Waals surface area contributed by atoms with Crippen molar-refractivity contribution < 1.29 is 0 Å². The highest BCUT2D eigenvalue weighted by Crippen LogP contribution is 2.59. The monoisotopic (exact) mass is 486 g/mol. The molecule has 1 saturated carbocycles. The summed E-state index contributed by atoms with van der Waals surface area (Å²) in [5.41, 5.74) is 15.1. The van der Waals surface area contributed by atoms with Crippen LogP contribution in [-0.4, -0.2) is 0 Å². The van der Waals surface area contributed by atoms with Crippen LogP contribution in [0.25, 0.3) is 11.1 Å². The summed E-state index contributed by atoms with van der Waals surface area (Å²) in [6.45, 7) is 30.1. The standard InChI is InChI=1S/C37H42/c1-9-26(6)19-32-21-31-14-13-29(22-35(31)37(32)17-15-36(8,16-18-37)25(4)5)27(7)33-23-34(33)30-12-10-11-28(20-30)24(2)3/h4,10-14,20,22,26-27,32H,1-2,5,7,9,15-19,21H2,3,6,8H3/t26-,27?,32+,36?,37?/m0/s1. The van der Waals surface area contributed by atoms with Crippen molar-refractivity contribution in [1.82, 2.24) is 0 Å². The van der Waals surface area contributed by atoms with Crippen LogP contribution in [0.4, 0.5) is 0 Å². The summed E-state index contributed by atoms with van der Waals surface area (Å²) in [6.07, 6.45) is 8.04. The second-order valence-corrected chi connectivity index (χ2v) is 12.5. The van der Waals surface area contributed by atoms with E-state index in [9.17, 15) is 0 Å². The molecule has 37 heavy (non-hydrogen) atoms. The first kappa shape index (κ1) is 26.1. The molecule has 0 N–H and O–H groups in total. The highest BCUT2D eigenvalue weighted by molar-refractivity contribution is 5.92. The Bertz CT molecular complexity index is 1300. The van der Waals surface area contributed by atoms with E-state index in [2.05, 4.69) is 96.3 Å². The lowest BCUT2D eigenvalue weighted by Crippen LogP contribution is -2.40. The highest BCUT2D eigenvalue weighted by Gasteiger charge is 2.50. The normalized spacial score (nSPS) is 27.8. The molecule has 0 heteroatoms. The van der Waals surface area contributed by atoms with Crippen LogP contribution < -0.4 is 0 Å². The van der Waals surface area contributed by atoms with Crippen LogP contribution in [-0.2, 0) is 11.8 Å². The molecule has 3 aliphatic carbocycles. The van der Waals surface area contributed by atoms with Gasteiger partial charge in [0.25, 0.3) is 0 Å². The molecular formula is C37H42. The topological polar surface area (TPSA) is 0 Å². The Hall–Kier alpha value is -2.56. The third kappa shape index (κ3) is 4.64. The van der Waals surface area contributed by atoms with Crippen LogP contribution in [0.5, 0.6) is 0 Å². The highest BCUT2D eigenvalue weighted by atomic mass is 14.5. The van der Waals surface area contributed by atoms with Crippen LogP contribution in [0.15, 0.2) is 65.9 Å². The van der Waals surface area contributed by atoms with Gasteiger partial charge in [0, 0.05) is 17.1 Å². The molecule has 0 aliphatic heterocycles. The fraction of sp³-hybridized carbons (Fsp3) is 0.405. The Morgan fingerprint density at radius 1 is 1.14 bits per heavy atom. The smallest absolute Gasteiger partial charge is 0.0356 e. The molecule has 3 atom stereocenters. The Morgan fingerprint density at radius 3 is 2.51 bits per heavy atom. The van der Waals surface area contributed by atoms with E-state index in [-0.39, 0.29) is 16.7 Å². The molecular weight excluding hydrogens is 444 g/mol. The van der Waals surface area contributed by atoms with Crippen molar-refractivity contribution in [1.29, 1.82) is 0 Å². The van der Waals surface area contributed by atoms with Crippen LogP contribution in [0, 0.1) is 44.6 Å². The van der Waals surface area contributed by atoms with Crippen molar-refractivity contribution in [2.75, 3.05) is 0 Å². The molecule has 3 aliphatic rings. The largest absolute Gasteiger partial charge is 0.106 e. The summed E-state index contributed by atoms with van der Waals surface area (Å²) in [5.74, 6) is 1.42. The summed E-state index contributed by atoms with van der Waals surface area (Å²) < 4.78 is 0. The number of benzene rings is 2. The molecule has 2 aromatic carbocycles. The third-order valence-electron chi connectivity index (χ3n) is 9.98. The minimum absolute atomic E-state index is 0.0545. The van der Waals surface area contributed by atoms with Gasteiger partial charge >= 0.3 is 0 Å². The van der Waals surface area contributed by atoms with E-state index in [0.717, 1.165) is 30.4 Å². The number of hydrogen-bond acceptors (Lipinski definition) is 0. The molecule has 0 saturated heterocycles. The van der Waals surface area contributed by atoms with Gasteiger partial charge < -0.3 is 0 Å². The van der Waals surface area contributed by atoms with Crippen molar-refractivity contribution in [2.24, 2.45) is 17.3 Å². The molecule has 0 bridgehead atoms. The fourth-order valence-corrected chi connectivity index (χ4v) is 6.99. The summed E-state index contributed by atoms with van der Waals surface area (Å²) in [4.78, 5) is 0. The van der Waals surface area contributed by atoms with Crippen LogP contribution in [0.3, 0.4) is 0 Å². The van der Waals surface area contributed by atoms with Crippen molar-refractivity contribution in [2.45, 2.75) is 77.0 Å². The predicted octanol–water partition coefficient (Wildman–Crippen LogP) is 9.69. The molecule has 2 aromatic rings. The third-order valence-corrected chi connectivity index (χ3v) is 9.98. The second-order valence-electron chi connectivity index (χ2n) is 12.5. The number of hydrogen-bond donors (Lipinski definition) is 0. The zero-order chi connectivity index (χ0) is 26.5. The van der Waals surface area contributed by atoms with Gasteiger partial charge in [-0.15, -0.1) is 5.73 Å². The molecule has 4 radical (unpaired) electrons. The summed E-state index contributed by atoms with van der Waals surface area (Å²) in [6, 6.07) is 15.9. The quantitative estimate of drug-likeness (QED) is 0.326. The summed E-state index contributed by atoms with van der Waals surface area (Å²) in [7, 11) is 0. The molecule has 5 rings (SSSR count). The van der Waals surface area contributed by atoms with E-state index in [1.165, 1.54) is 53.5 Å². The Balaban J connectivity index is 1.42. The van der Waals surface area contributed by atoms with Gasteiger partial charge in [0.05, 0.1) is 0 Å². The van der Waals surface area contributed by atoms with Crippen molar-refractivity contribution in [3.05, 3.63) is 121 Å². The number of fused-ring (bicyclic) bond motifs is 2. The zero-order valence-electron chi connectivity index (χ0n) is 23.1. The second kappa shape index (κ2) is 9.63. The SMILES string of the molecule is [CH]=C([CH2])C1(C)CCC2(CC1)c1cc(C([CH2])C3=C=C3c3cccc(C(=C)C)c3)ccc1C[C@H]2C[C@@H](C)C[CH2]. The fourth-order valence-electron chi connectivity index (χ4n) is 6.99. The van der Waals surface area contributed by atoms with Crippen molar-refractivity contribution in [3.8, 4) is 0 Å². The Morgan fingerprint density at radius 2 is 1.86 bits per heavy atom. The lowest BCUT2D eigenvalue weighted by molar-refractivity contribution is 0.122. The van der Waals surface area contributed by atoms with Gasteiger partial charge in [0.15, 0.2) is 0 Å². The predicted molar refractivity (Wildman–Crippen MR) is 158 cm³/mol. The molecule has 1 unspecified atom stereocenters. The van der Waals surface area contributed by atoms with Gasteiger partial charge in [-0.05, 0) is 116 Å². The molecule has 1 spiro atoms. The maximum atomic E-state index is 6.28. The van der Waals surface area contributed by atoms with E-state index in [0.29, 0.717) is 11.8 Å². The van der Waals surface area contributed by atoms with Gasteiger partial charge in [-0.3, -0.25) is 0 Å². The lowest BCUT2D eigenvalue weighted by Gasteiger charge is -2.48. The van der Waals surface area contributed by atoms with E-state index >= 15 is 0 Å².